The molecule has 0 unspecified atom stereocenters. The molecule has 0 aliphatic heterocycles. The van der Waals surface area contributed by atoms with E-state index in [4.69, 9.17) is 11.6 Å². The van der Waals surface area contributed by atoms with E-state index in [1.807, 2.05) is 48.5 Å². The summed E-state index contributed by atoms with van der Waals surface area (Å²) in [5.41, 5.74) is 2.33. The van der Waals surface area contributed by atoms with Gasteiger partial charge < -0.3 is 15.5 Å². The molecule has 7 heteroatoms. The van der Waals surface area contributed by atoms with Crippen LogP contribution in [0.15, 0.2) is 54.7 Å². The molecule has 0 saturated carbocycles. The Hall–Kier alpha value is -2.70. The van der Waals surface area contributed by atoms with Crippen LogP contribution in [0.3, 0.4) is 0 Å². The monoisotopic (exact) mass is 382 g/mol. The van der Waals surface area contributed by atoms with Crippen molar-refractivity contribution in [1.29, 1.82) is 0 Å². The van der Waals surface area contributed by atoms with Crippen molar-refractivity contribution in [3.8, 4) is 11.4 Å². The van der Waals surface area contributed by atoms with Crippen molar-refractivity contribution in [2.75, 3.05) is 37.8 Å². The number of nitrogens with one attached hydrogen (secondary N) is 2. The van der Waals surface area contributed by atoms with Gasteiger partial charge in [0.25, 0.3) is 0 Å². The summed E-state index contributed by atoms with van der Waals surface area (Å²) in [7, 11) is 4.12. The normalized spacial score (nSPS) is 10.8. The molecule has 0 radical (unpaired) electrons. The molecule has 2 aromatic heterocycles. The van der Waals surface area contributed by atoms with Gasteiger partial charge >= 0.3 is 0 Å². The van der Waals surface area contributed by atoms with Gasteiger partial charge in [0, 0.05) is 18.8 Å². The predicted molar refractivity (Wildman–Crippen MR) is 112 cm³/mol. The molecule has 0 saturated heterocycles. The second-order valence-corrected chi connectivity index (χ2v) is 6.77. The lowest BCUT2D eigenvalue weighted by molar-refractivity contribution is 0.405. The number of nitrogens with zero attached hydrogens (tertiary/aromatic N) is 4. The molecule has 2 N–H and O–H groups in total. The molecular weight excluding hydrogens is 360 g/mol. The van der Waals surface area contributed by atoms with Gasteiger partial charge in [-0.3, -0.25) is 4.98 Å². The number of pyridine rings is 1. The van der Waals surface area contributed by atoms with Crippen LogP contribution in [0.4, 0.5) is 17.5 Å². The highest BCUT2D eigenvalue weighted by Gasteiger charge is 2.09. The first kappa shape index (κ1) is 19.1. The van der Waals surface area contributed by atoms with Gasteiger partial charge in [-0.25, -0.2) is 4.98 Å². The van der Waals surface area contributed by atoms with Crippen LogP contribution >= 0.6 is 11.6 Å². The molecule has 27 heavy (non-hydrogen) atoms. The van der Waals surface area contributed by atoms with Crippen LogP contribution in [0.25, 0.3) is 11.4 Å². The summed E-state index contributed by atoms with van der Waals surface area (Å²) in [6.45, 7) is 1.78. The topological polar surface area (TPSA) is 66.0 Å². The number of aromatic nitrogens is 3. The first-order chi connectivity index (χ1) is 13.1. The molecule has 0 aliphatic carbocycles. The van der Waals surface area contributed by atoms with E-state index in [0.29, 0.717) is 16.8 Å². The van der Waals surface area contributed by atoms with E-state index in [1.54, 1.807) is 6.20 Å². The third-order valence-corrected chi connectivity index (χ3v) is 4.18. The highest BCUT2D eigenvalue weighted by molar-refractivity contribution is 6.33. The summed E-state index contributed by atoms with van der Waals surface area (Å²) in [4.78, 5) is 15.7. The zero-order chi connectivity index (χ0) is 19.1. The van der Waals surface area contributed by atoms with Gasteiger partial charge in [0.2, 0.25) is 5.95 Å². The Bertz CT molecular complexity index is 869. The standard InChI is InChI=1S/C20H23ClN6/c1-27(2)13-7-12-23-20-25-18(17-10-5-6-11-22-17)14-19(26-20)24-16-9-4-3-8-15(16)21/h3-6,8-11,14H,7,12-13H2,1-2H3,(H2,23,24,25,26). The summed E-state index contributed by atoms with van der Waals surface area (Å²) in [6.07, 6.45) is 2.75. The molecule has 140 valence electrons. The Morgan fingerprint density at radius 1 is 1.00 bits per heavy atom. The average Bonchev–Trinajstić information content (AvgIpc) is 2.67. The Labute approximate surface area is 164 Å². The van der Waals surface area contributed by atoms with E-state index in [0.717, 1.165) is 36.6 Å². The number of para-hydroxylation sites is 1. The molecule has 0 aliphatic rings. The van der Waals surface area contributed by atoms with Crippen molar-refractivity contribution < 1.29 is 0 Å². The number of hydrogen-bond donors (Lipinski definition) is 2. The maximum atomic E-state index is 6.26. The van der Waals surface area contributed by atoms with Crippen LogP contribution in [0.5, 0.6) is 0 Å². The molecule has 0 bridgehead atoms. The lowest BCUT2D eigenvalue weighted by atomic mass is 10.2. The predicted octanol–water partition coefficient (Wildman–Crippen LogP) is 4.30. The van der Waals surface area contributed by atoms with E-state index in [9.17, 15) is 0 Å². The Kier molecular flexibility index (Phi) is 6.57. The van der Waals surface area contributed by atoms with Crippen LogP contribution in [0.2, 0.25) is 5.02 Å². The quantitative estimate of drug-likeness (QED) is 0.566. The lowest BCUT2D eigenvalue weighted by Gasteiger charge is -2.13. The molecule has 0 atom stereocenters. The third kappa shape index (κ3) is 5.64. The van der Waals surface area contributed by atoms with E-state index in [1.165, 1.54) is 0 Å². The van der Waals surface area contributed by atoms with Crippen molar-refractivity contribution >= 4 is 29.1 Å². The minimum absolute atomic E-state index is 0.562. The van der Waals surface area contributed by atoms with E-state index in [-0.39, 0.29) is 0 Å². The summed E-state index contributed by atoms with van der Waals surface area (Å²) < 4.78 is 0. The molecule has 6 nitrogen and oxygen atoms in total. The second-order valence-electron chi connectivity index (χ2n) is 6.37. The van der Waals surface area contributed by atoms with Gasteiger partial charge in [-0.15, -0.1) is 0 Å². The SMILES string of the molecule is CN(C)CCCNc1nc(Nc2ccccc2Cl)cc(-c2ccccn2)n1. The number of halogens is 1. The third-order valence-electron chi connectivity index (χ3n) is 3.86. The van der Waals surface area contributed by atoms with Crippen molar-refractivity contribution in [3.05, 3.63) is 59.8 Å². The lowest BCUT2D eigenvalue weighted by Crippen LogP contribution is -2.17. The van der Waals surface area contributed by atoms with Crippen molar-refractivity contribution in [2.24, 2.45) is 0 Å². The van der Waals surface area contributed by atoms with Gasteiger partial charge in [0.1, 0.15) is 5.82 Å². The number of benzene rings is 1. The summed E-state index contributed by atoms with van der Waals surface area (Å²) in [5.74, 6) is 1.22. The molecule has 3 aromatic rings. The first-order valence-electron chi connectivity index (χ1n) is 8.82. The van der Waals surface area contributed by atoms with Gasteiger partial charge in [0.05, 0.1) is 22.1 Å². The van der Waals surface area contributed by atoms with Gasteiger partial charge in [-0.1, -0.05) is 29.8 Å². The smallest absolute Gasteiger partial charge is 0.225 e. The van der Waals surface area contributed by atoms with Crippen LogP contribution in [-0.2, 0) is 0 Å². The Morgan fingerprint density at radius 2 is 1.81 bits per heavy atom. The van der Waals surface area contributed by atoms with Crippen LogP contribution in [0.1, 0.15) is 6.42 Å². The fraction of sp³-hybridized carbons (Fsp3) is 0.250. The summed E-state index contributed by atoms with van der Waals surface area (Å²) >= 11 is 6.26. The maximum Gasteiger partial charge on any atom is 0.225 e. The number of hydrogen-bond acceptors (Lipinski definition) is 6. The number of rotatable bonds is 8. The largest absolute Gasteiger partial charge is 0.354 e. The van der Waals surface area contributed by atoms with E-state index < -0.39 is 0 Å². The zero-order valence-corrected chi connectivity index (χ0v) is 16.2. The summed E-state index contributed by atoms with van der Waals surface area (Å²) in [5, 5.41) is 7.21. The Morgan fingerprint density at radius 3 is 2.56 bits per heavy atom. The van der Waals surface area contributed by atoms with E-state index in [2.05, 4.69) is 44.6 Å². The molecule has 0 fully saturated rings. The molecule has 0 amide bonds. The molecule has 1 aromatic carbocycles. The minimum atomic E-state index is 0.562. The van der Waals surface area contributed by atoms with Crippen LogP contribution in [-0.4, -0.2) is 47.0 Å². The molecule has 3 rings (SSSR count). The minimum Gasteiger partial charge on any atom is -0.354 e. The fourth-order valence-corrected chi connectivity index (χ4v) is 2.71. The summed E-state index contributed by atoms with van der Waals surface area (Å²) in [6, 6.07) is 15.2. The van der Waals surface area contributed by atoms with Crippen LogP contribution in [0, 0.1) is 0 Å². The van der Waals surface area contributed by atoms with Gasteiger partial charge in [0.15, 0.2) is 0 Å². The van der Waals surface area contributed by atoms with Crippen molar-refractivity contribution in [2.45, 2.75) is 6.42 Å². The van der Waals surface area contributed by atoms with Crippen LogP contribution < -0.4 is 10.6 Å². The molecule has 2 heterocycles. The van der Waals surface area contributed by atoms with Crippen molar-refractivity contribution in [1.82, 2.24) is 19.9 Å². The second kappa shape index (κ2) is 9.30. The fourth-order valence-electron chi connectivity index (χ4n) is 2.53. The Balaban J connectivity index is 1.85. The molecule has 0 spiro atoms. The highest BCUT2D eigenvalue weighted by atomic mass is 35.5. The first-order valence-corrected chi connectivity index (χ1v) is 9.20. The van der Waals surface area contributed by atoms with Crippen molar-refractivity contribution in [3.63, 3.8) is 0 Å². The average molecular weight is 383 g/mol. The maximum absolute atomic E-state index is 6.26. The highest BCUT2D eigenvalue weighted by Crippen LogP contribution is 2.26. The zero-order valence-electron chi connectivity index (χ0n) is 15.5. The number of anilines is 3. The van der Waals surface area contributed by atoms with Gasteiger partial charge in [-0.2, -0.15) is 4.98 Å². The van der Waals surface area contributed by atoms with E-state index >= 15 is 0 Å². The molecular formula is C20H23ClN6. The van der Waals surface area contributed by atoms with Gasteiger partial charge in [-0.05, 0) is 51.3 Å².